The number of aromatic nitrogens is 3. The SMILES string of the molecule is Cn1c(SCC(=O)Nc2ccc(Br)cc2Cl)nnc1-c1cc(Br)ccc1O. The molecule has 0 spiro atoms. The third-order valence-electron chi connectivity index (χ3n) is 3.57. The standard InChI is InChI=1S/C17H13Br2ClN4O2S/c1-24-16(11-6-9(18)3-5-14(11)25)22-23-17(24)27-8-15(26)21-13-4-2-10(19)7-12(13)20/h2-7,25H,8H2,1H3,(H,21,26). The molecule has 0 aliphatic heterocycles. The molecule has 6 nitrogen and oxygen atoms in total. The Kier molecular flexibility index (Phi) is 6.46. The lowest BCUT2D eigenvalue weighted by molar-refractivity contribution is -0.113. The largest absolute Gasteiger partial charge is 0.507 e. The summed E-state index contributed by atoms with van der Waals surface area (Å²) in [7, 11) is 1.78. The van der Waals surface area contributed by atoms with Gasteiger partial charge < -0.3 is 15.0 Å². The highest BCUT2D eigenvalue weighted by Gasteiger charge is 2.16. The molecule has 0 aliphatic rings. The van der Waals surface area contributed by atoms with Crippen molar-refractivity contribution < 1.29 is 9.90 Å². The van der Waals surface area contributed by atoms with Crippen molar-refractivity contribution in [1.82, 2.24) is 14.8 Å². The van der Waals surface area contributed by atoms with Crippen LogP contribution in [-0.4, -0.2) is 31.5 Å². The van der Waals surface area contributed by atoms with Crippen LogP contribution in [0.25, 0.3) is 11.4 Å². The smallest absolute Gasteiger partial charge is 0.234 e. The molecule has 10 heteroatoms. The molecule has 0 bridgehead atoms. The van der Waals surface area contributed by atoms with E-state index in [1.807, 2.05) is 0 Å². The van der Waals surface area contributed by atoms with E-state index in [2.05, 4.69) is 47.4 Å². The third kappa shape index (κ3) is 4.84. The van der Waals surface area contributed by atoms with Crippen LogP contribution in [0, 0.1) is 0 Å². The van der Waals surface area contributed by atoms with E-state index in [0.717, 1.165) is 8.95 Å². The quantitative estimate of drug-likeness (QED) is 0.447. The van der Waals surface area contributed by atoms with Crippen molar-refractivity contribution in [2.45, 2.75) is 5.16 Å². The number of hydrogen-bond acceptors (Lipinski definition) is 5. The summed E-state index contributed by atoms with van der Waals surface area (Å²) in [6, 6.07) is 10.3. The molecule has 27 heavy (non-hydrogen) atoms. The van der Waals surface area contributed by atoms with E-state index in [-0.39, 0.29) is 17.4 Å². The Morgan fingerprint density at radius 3 is 2.67 bits per heavy atom. The van der Waals surface area contributed by atoms with Crippen molar-refractivity contribution in [2.24, 2.45) is 7.05 Å². The van der Waals surface area contributed by atoms with Crippen molar-refractivity contribution in [2.75, 3.05) is 11.1 Å². The zero-order chi connectivity index (χ0) is 19.6. The summed E-state index contributed by atoms with van der Waals surface area (Å²) >= 11 is 14.0. The van der Waals surface area contributed by atoms with Gasteiger partial charge in [0.05, 0.1) is 22.0 Å². The Balaban J connectivity index is 1.69. The van der Waals surface area contributed by atoms with Gasteiger partial charge in [-0.2, -0.15) is 0 Å². The Labute approximate surface area is 181 Å². The number of carbonyl (C=O) groups excluding carboxylic acids is 1. The van der Waals surface area contributed by atoms with Crippen LogP contribution < -0.4 is 5.32 Å². The van der Waals surface area contributed by atoms with Crippen LogP contribution in [-0.2, 0) is 11.8 Å². The monoisotopic (exact) mass is 530 g/mol. The highest BCUT2D eigenvalue weighted by Crippen LogP contribution is 2.32. The summed E-state index contributed by atoms with van der Waals surface area (Å²) in [5.74, 6) is 0.544. The first-order chi connectivity index (χ1) is 12.8. The van der Waals surface area contributed by atoms with E-state index >= 15 is 0 Å². The molecule has 0 unspecified atom stereocenters. The van der Waals surface area contributed by atoms with Gasteiger partial charge in [-0.1, -0.05) is 55.2 Å². The fourth-order valence-corrected chi connectivity index (χ4v) is 4.06. The lowest BCUT2D eigenvalue weighted by Crippen LogP contribution is -2.14. The second-order valence-corrected chi connectivity index (χ2v) is 8.67. The fourth-order valence-electron chi connectivity index (χ4n) is 2.27. The molecule has 0 aliphatic carbocycles. The minimum absolute atomic E-state index is 0.105. The summed E-state index contributed by atoms with van der Waals surface area (Å²) < 4.78 is 3.38. The van der Waals surface area contributed by atoms with Crippen molar-refractivity contribution in [3.05, 3.63) is 50.4 Å². The number of halogens is 3. The van der Waals surface area contributed by atoms with E-state index in [1.54, 1.807) is 48.0 Å². The molecule has 2 N–H and O–H groups in total. The maximum atomic E-state index is 12.2. The topological polar surface area (TPSA) is 80.0 Å². The number of anilines is 1. The molecule has 3 aromatic rings. The van der Waals surface area contributed by atoms with Gasteiger partial charge in [0.15, 0.2) is 11.0 Å². The predicted octanol–water partition coefficient (Wildman–Crippen LogP) is 5.10. The summed E-state index contributed by atoms with van der Waals surface area (Å²) in [5.41, 5.74) is 1.10. The van der Waals surface area contributed by atoms with Gasteiger partial charge in [0, 0.05) is 16.0 Å². The normalized spacial score (nSPS) is 10.8. The summed E-state index contributed by atoms with van der Waals surface area (Å²) in [5, 5.41) is 22.1. The number of carbonyl (C=O) groups is 1. The maximum Gasteiger partial charge on any atom is 0.234 e. The van der Waals surface area contributed by atoms with Crippen LogP contribution in [0.4, 0.5) is 5.69 Å². The molecule has 140 valence electrons. The van der Waals surface area contributed by atoms with Crippen LogP contribution in [0.2, 0.25) is 5.02 Å². The number of phenols is 1. The van der Waals surface area contributed by atoms with E-state index in [1.165, 1.54) is 11.8 Å². The van der Waals surface area contributed by atoms with E-state index in [9.17, 15) is 9.90 Å². The number of phenolic OH excluding ortho intramolecular Hbond substituents is 1. The van der Waals surface area contributed by atoms with Gasteiger partial charge >= 0.3 is 0 Å². The Hall–Kier alpha value is -1.55. The zero-order valence-electron chi connectivity index (χ0n) is 13.9. The molecule has 1 aromatic heterocycles. The second kappa shape index (κ2) is 8.64. The van der Waals surface area contributed by atoms with Gasteiger partial charge in [-0.25, -0.2) is 0 Å². The maximum absolute atomic E-state index is 12.2. The minimum Gasteiger partial charge on any atom is -0.507 e. The van der Waals surface area contributed by atoms with E-state index < -0.39 is 0 Å². The van der Waals surface area contributed by atoms with Gasteiger partial charge in [0.25, 0.3) is 0 Å². The molecule has 1 amide bonds. The van der Waals surface area contributed by atoms with Crippen LogP contribution in [0.1, 0.15) is 0 Å². The predicted molar refractivity (Wildman–Crippen MR) is 114 cm³/mol. The number of rotatable bonds is 5. The number of hydrogen-bond donors (Lipinski definition) is 2. The molecular formula is C17H13Br2ClN4O2S. The number of nitrogens with zero attached hydrogens (tertiary/aromatic N) is 3. The van der Waals surface area contributed by atoms with Crippen LogP contribution in [0.15, 0.2) is 50.5 Å². The van der Waals surface area contributed by atoms with Gasteiger partial charge in [0.2, 0.25) is 5.91 Å². The molecule has 0 atom stereocenters. The molecular weight excluding hydrogens is 520 g/mol. The number of nitrogens with one attached hydrogen (secondary N) is 1. The Bertz CT molecular complexity index is 1010. The molecule has 0 fully saturated rings. The average Bonchev–Trinajstić information content (AvgIpc) is 2.98. The minimum atomic E-state index is -0.209. The van der Waals surface area contributed by atoms with Gasteiger partial charge in [-0.15, -0.1) is 10.2 Å². The van der Waals surface area contributed by atoms with Crippen molar-refractivity contribution in [1.29, 1.82) is 0 Å². The second-order valence-electron chi connectivity index (χ2n) is 5.49. The van der Waals surface area contributed by atoms with E-state index in [0.29, 0.717) is 27.3 Å². The molecule has 0 saturated heterocycles. The lowest BCUT2D eigenvalue weighted by Gasteiger charge is -2.08. The Morgan fingerprint density at radius 1 is 1.22 bits per heavy atom. The fraction of sp³-hybridized carbons (Fsp3) is 0.118. The van der Waals surface area contributed by atoms with E-state index in [4.69, 9.17) is 11.6 Å². The highest BCUT2D eigenvalue weighted by molar-refractivity contribution is 9.10. The van der Waals surface area contributed by atoms with Crippen molar-refractivity contribution >= 4 is 66.8 Å². The number of amides is 1. The third-order valence-corrected chi connectivity index (χ3v) is 5.89. The first kappa shape index (κ1) is 20.2. The molecule has 1 heterocycles. The molecule has 0 radical (unpaired) electrons. The van der Waals surface area contributed by atoms with Crippen LogP contribution in [0.3, 0.4) is 0 Å². The van der Waals surface area contributed by atoms with Gasteiger partial charge in [-0.05, 0) is 36.4 Å². The highest BCUT2D eigenvalue weighted by atomic mass is 79.9. The zero-order valence-corrected chi connectivity index (χ0v) is 18.7. The number of thioether (sulfide) groups is 1. The number of aromatic hydroxyl groups is 1. The van der Waals surface area contributed by atoms with Crippen molar-refractivity contribution in [3.8, 4) is 17.1 Å². The lowest BCUT2D eigenvalue weighted by atomic mass is 10.2. The summed E-state index contributed by atoms with van der Waals surface area (Å²) in [6.45, 7) is 0. The van der Waals surface area contributed by atoms with Gasteiger partial charge in [-0.3, -0.25) is 4.79 Å². The average molecular weight is 533 g/mol. The van der Waals surface area contributed by atoms with Crippen LogP contribution >= 0.6 is 55.2 Å². The van der Waals surface area contributed by atoms with Gasteiger partial charge in [0.1, 0.15) is 5.75 Å². The molecule has 0 saturated carbocycles. The summed E-state index contributed by atoms with van der Waals surface area (Å²) in [6.07, 6.45) is 0. The first-order valence-corrected chi connectivity index (χ1v) is 10.6. The Morgan fingerprint density at radius 2 is 1.93 bits per heavy atom. The first-order valence-electron chi connectivity index (χ1n) is 7.61. The van der Waals surface area contributed by atoms with Crippen molar-refractivity contribution in [3.63, 3.8) is 0 Å². The van der Waals surface area contributed by atoms with Crippen LogP contribution in [0.5, 0.6) is 5.75 Å². The molecule has 2 aromatic carbocycles. The number of benzene rings is 2. The summed E-state index contributed by atoms with van der Waals surface area (Å²) in [4.78, 5) is 12.2. The molecule has 3 rings (SSSR count).